The van der Waals surface area contributed by atoms with Crippen molar-refractivity contribution in [2.45, 2.75) is 19.4 Å². The molecule has 1 fully saturated rings. The molecule has 0 bridgehead atoms. The molecule has 0 spiro atoms. The summed E-state index contributed by atoms with van der Waals surface area (Å²) in [6, 6.07) is 31.0. The highest BCUT2D eigenvalue weighted by molar-refractivity contribution is 7.08. The van der Waals surface area contributed by atoms with Crippen molar-refractivity contribution in [2.24, 2.45) is 10.9 Å². The summed E-state index contributed by atoms with van der Waals surface area (Å²) in [5, 5.41) is 4.26. The van der Waals surface area contributed by atoms with E-state index in [0.29, 0.717) is 13.2 Å². The Balaban J connectivity index is 1.50. The average molecular weight is 495 g/mol. The van der Waals surface area contributed by atoms with Crippen molar-refractivity contribution in [1.82, 2.24) is 4.90 Å². The van der Waals surface area contributed by atoms with Crippen LogP contribution in [0.4, 0.5) is 5.69 Å². The minimum atomic E-state index is -0.214. The van der Waals surface area contributed by atoms with Gasteiger partial charge >= 0.3 is 5.97 Å². The minimum Gasteiger partial charge on any atom is -0.466 e. The molecule has 0 N–H and O–H groups in total. The first kappa shape index (κ1) is 24.2. The zero-order valence-corrected chi connectivity index (χ0v) is 21.2. The topological polar surface area (TPSA) is 41.9 Å². The fourth-order valence-electron chi connectivity index (χ4n) is 4.94. The molecule has 3 aromatic carbocycles. The molecule has 0 unspecified atom stereocenters. The molecule has 5 heteroatoms. The highest BCUT2D eigenvalue weighted by Gasteiger charge is 2.40. The second-order valence-electron chi connectivity index (χ2n) is 9.05. The second kappa shape index (κ2) is 11.5. The third-order valence-corrected chi connectivity index (χ3v) is 7.38. The Morgan fingerprint density at radius 3 is 2.11 bits per heavy atom. The molecule has 0 radical (unpaired) electrons. The molecular weight excluding hydrogens is 464 g/mol. The van der Waals surface area contributed by atoms with Gasteiger partial charge in [0.15, 0.2) is 0 Å². The van der Waals surface area contributed by atoms with E-state index in [1.54, 1.807) is 11.3 Å². The fraction of sp³-hybridized carbons (Fsp3) is 0.226. The maximum atomic E-state index is 13.0. The molecule has 0 amide bonds. The predicted octanol–water partition coefficient (Wildman–Crippen LogP) is 6.70. The van der Waals surface area contributed by atoms with Gasteiger partial charge in [0.1, 0.15) is 0 Å². The number of aliphatic imine (C=N–C) groups is 1. The van der Waals surface area contributed by atoms with E-state index < -0.39 is 0 Å². The Hall–Kier alpha value is -3.54. The first-order valence-electron chi connectivity index (χ1n) is 12.4. The summed E-state index contributed by atoms with van der Waals surface area (Å²) < 4.78 is 5.51. The number of thiophene rings is 1. The zero-order valence-electron chi connectivity index (χ0n) is 20.4. The second-order valence-corrected chi connectivity index (χ2v) is 9.79. The van der Waals surface area contributed by atoms with Crippen molar-refractivity contribution >= 4 is 28.7 Å². The lowest BCUT2D eigenvalue weighted by atomic mass is 9.90. The van der Waals surface area contributed by atoms with E-state index in [0.717, 1.165) is 41.2 Å². The van der Waals surface area contributed by atoms with E-state index in [-0.39, 0.29) is 17.8 Å². The van der Waals surface area contributed by atoms with Crippen molar-refractivity contribution in [3.05, 3.63) is 124 Å². The minimum absolute atomic E-state index is 0.0329. The number of likely N-dealkylation sites (tertiary alicyclic amines) is 1. The molecule has 1 aliphatic rings. The van der Waals surface area contributed by atoms with E-state index in [1.807, 2.05) is 49.4 Å². The lowest BCUT2D eigenvalue weighted by Gasteiger charge is -2.17. The average Bonchev–Trinajstić information content (AvgIpc) is 3.56. The van der Waals surface area contributed by atoms with Gasteiger partial charge in [-0.3, -0.25) is 9.69 Å². The molecule has 0 saturated carbocycles. The molecule has 5 rings (SSSR count). The van der Waals surface area contributed by atoms with Crippen LogP contribution in [0, 0.1) is 5.92 Å². The summed E-state index contributed by atoms with van der Waals surface area (Å²) in [4.78, 5) is 20.6. The lowest BCUT2D eigenvalue weighted by molar-refractivity contribution is -0.148. The van der Waals surface area contributed by atoms with E-state index in [4.69, 9.17) is 9.73 Å². The van der Waals surface area contributed by atoms with Gasteiger partial charge in [-0.15, -0.1) is 11.3 Å². The van der Waals surface area contributed by atoms with Crippen LogP contribution in [0.1, 0.15) is 35.1 Å². The SMILES string of the molecule is CCOC(=O)[C@@H]1CN(Cc2ccccc2)C[C@H]1c1cscc1N=C(c1ccccc1)c1ccccc1. The molecule has 4 nitrogen and oxygen atoms in total. The van der Waals surface area contributed by atoms with Crippen LogP contribution in [0.5, 0.6) is 0 Å². The van der Waals surface area contributed by atoms with Gasteiger partial charge in [-0.2, -0.15) is 0 Å². The van der Waals surface area contributed by atoms with Crippen LogP contribution in [0.3, 0.4) is 0 Å². The Kier molecular flexibility index (Phi) is 7.70. The largest absolute Gasteiger partial charge is 0.466 e. The van der Waals surface area contributed by atoms with Crippen LogP contribution in [-0.2, 0) is 16.1 Å². The normalized spacial score (nSPS) is 17.6. The summed E-state index contributed by atoms with van der Waals surface area (Å²) in [5.74, 6) is -0.301. The Labute approximate surface area is 216 Å². The van der Waals surface area contributed by atoms with Gasteiger partial charge in [-0.25, -0.2) is 4.99 Å². The highest BCUT2D eigenvalue weighted by Crippen LogP contribution is 2.41. The molecule has 2 atom stereocenters. The highest BCUT2D eigenvalue weighted by atomic mass is 32.1. The van der Waals surface area contributed by atoms with E-state index >= 15 is 0 Å². The standard InChI is InChI=1S/C31H30N2O2S/c1-2-35-31(34)27-20-33(18-23-12-6-3-7-13-23)19-26(27)28-21-36-22-29(28)32-30(24-14-8-4-9-15-24)25-16-10-5-11-17-25/h3-17,21-22,26-27H,2,18-20H2,1H3/t26-,27-/m1/s1. The summed E-state index contributed by atoms with van der Waals surface area (Å²) in [5.41, 5.74) is 6.38. The van der Waals surface area contributed by atoms with Gasteiger partial charge in [0.25, 0.3) is 0 Å². The number of ether oxygens (including phenoxy) is 1. The molecule has 4 aromatic rings. The van der Waals surface area contributed by atoms with Gasteiger partial charge in [0.2, 0.25) is 0 Å². The van der Waals surface area contributed by atoms with Crippen molar-refractivity contribution in [3.8, 4) is 0 Å². The smallest absolute Gasteiger partial charge is 0.310 e. The third kappa shape index (κ3) is 5.48. The molecule has 1 aliphatic heterocycles. The van der Waals surface area contributed by atoms with Gasteiger partial charge in [-0.05, 0) is 23.4 Å². The molecule has 0 aliphatic carbocycles. The molecular formula is C31H30N2O2S. The number of nitrogens with zero attached hydrogens (tertiary/aromatic N) is 2. The van der Waals surface area contributed by atoms with Gasteiger partial charge in [-0.1, -0.05) is 91.0 Å². The first-order valence-corrected chi connectivity index (χ1v) is 13.4. The third-order valence-electron chi connectivity index (χ3n) is 6.63. The van der Waals surface area contributed by atoms with E-state index in [9.17, 15) is 4.79 Å². The molecule has 182 valence electrons. The number of carbonyl (C=O) groups excluding carboxylic acids is 1. The number of benzene rings is 3. The van der Waals surface area contributed by atoms with Gasteiger partial charge in [0, 0.05) is 42.1 Å². The fourth-order valence-corrected chi connectivity index (χ4v) is 5.76. The monoisotopic (exact) mass is 494 g/mol. The number of hydrogen-bond acceptors (Lipinski definition) is 5. The summed E-state index contributed by atoms with van der Waals surface area (Å²) in [6.45, 7) is 4.55. The predicted molar refractivity (Wildman–Crippen MR) is 147 cm³/mol. The van der Waals surface area contributed by atoms with E-state index in [1.165, 1.54) is 5.56 Å². The van der Waals surface area contributed by atoms with E-state index in [2.05, 4.69) is 64.2 Å². The molecule has 36 heavy (non-hydrogen) atoms. The van der Waals surface area contributed by atoms with Crippen molar-refractivity contribution in [3.63, 3.8) is 0 Å². The lowest BCUT2D eigenvalue weighted by Crippen LogP contribution is -2.25. The molecule has 1 saturated heterocycles. The Bertz CT molecular complexity index is 1260. The Morgan fingerprint density at radius 1 is 0.889 bits per heavy atom. The summed E-state index contributed by atoms with van der Waals surface area (Å²) >= 11 is 1.64. The Morgan fingerprint density at radius 2 is 1.50 bits per heavy atom. The van der Waals surface area contributed by atoms with Crippen molar-refractivity contribution in [1.29, 1.82) is 0 Å². The van der Waals surface area contributed by atoms with Gasteiger partial charge < -0.3 is 4.74 Å². The molecule has 2 heterocycles. The first-order chi connectivity index (χ1) is 17.7. The van der Waals surface area contributed by atoms with Gasteiger partial charge in [0.05, 0.1) is 23.9 Å². The number of carbonyl (C=O) groups is 1. The number of hydrogen-bond donors (Lipinski definition) is 0. The summed E-state index contributed by atoms with van der Waals surface area (Å²) in [7, 11) is 0. The number of esters is 1. The maximum Gasteiger partial charge on any atom is 0.310 e. The quantitative estimate of drug-likeness (QED) is 0.202. The summed E-state index contributed by atoms with van der Waals surface area (Å²) in [6.07, 6.45) is 0. The van der Waals surface area contributed by atoms with Crippen LogP contribution >= 0.6 is 11.3 Å². The number of rotatable bonds is 8. The van der Waals surface area contributed by atoms with Crippen molar-refractivity contribution in [2.75, 3.05) is 19.7 Å². The maximum absolute atomic E-state index is 13.0. The molecule has 1 aromatic heterocycles. The van der Waals surface area contributed by atoms with Crippen LogP contribution < -0.4 is 0 Å². The zero-order chi connectivity index (χ0) is 24.7. The van der Waals surface area contributed by atoms with Crippen molar-refractivity contribution < 1.29 is 9.53 Å². The van der Waals surface area contributed by atoms with Crippen LogP contribution in [-0.4, -0.2) is 36.3 Å². The van der Waals surface area contributed by atoms with Crippen LogP contribution in [0.2, 0.25) is 0 Å². The van der Waals surface area contributed by atoms with Crippen LogP contribution in [0.15, 0.2) is 107 Å². The van der Waals surface area contributed by atoms with Crippen LogP contribution in [0.25, 0.3) is 0 Å².